The SMILES string of the molecule is Cc1ccc(C(=O)N2CCN(Cc3nc4ccccc4s3)CC2)cc1NC(=O)c1ccco1. The van der Waals surface area contributed by atoms with Gasteiger partial charge in [-0.05, 0) is 48.9 Å². The fourth-order valence-electron chi connectivity index (χ4n) is 3.95. The number of carbonyl (C=O) groups excluding carboxylic acids is 2. The molecule has 5 rings (SSSR count). The second-order valence-corrected chi connectivity index (χ2v) is 9.22. The normalized spacial score (nSPS) is 14.5. The first-order chi connectivity index (χ1) is 16.1. The van der Waals surface area contributed by atoms with Crippen molar-refractivity contribution in [1.29, 1.82) is 0 Å². The fourth-order valence-corrected chi connectivity index (χ4v) is 4.96. The van der Waals surface area contributed by atoms with E-state index in [1.807, 2.05) is 42.2 Å². The first-order valence-electron chi connectivity index (χ1n) is 10.9. The number of thiazole rings is 1. The van der Waals surface area contributed by atoms with E-state index in [0.717, 1.165) is 35.7 Å². The van der Waals surface area contributed by atoms with Crippen molar-refractivity contribution in [3.63, 3.8) is 0 Å². The third-order valence-electron chi connectivity index (χ3n) is 5.83. The largest absolute Gasteiger partial charge is 0.459 e. The topological polar surface area (TPSA) is 78.7 Å². The Balaban J connectivity index is 1.21. The van der Waals surface area contributed by atoms with E-state index in [1.165, 1.54) is 11.0 Å². The van der Waals surface area contributed by atoms with Crippen molar-refractivity contribution in [1.82, 2.24) is 14.8 Å². The Bertz CT molecular complexity index is 1260. The summed E-state index contributed by atoms with van der Waals surface area (Å²) < 4.78 is 6.36. The smallest absolute Gasteiger partial charge is 0.291 e. The molecule has 2 amide bonds. The summed E-state index contributed by atoms with van der Waals surface area (Å²) in [6.07, 6.45) is 1.46. The zero-order chi connectivity index (χ0) is 22.8. The van der Waals surface area contributed by atoms with Gasteiger partial charge in [-0.15, -0.1) is 11.3 Å². The minimum Gasteiger partial charge on any atom is -0.459 e. The molecule has 1 N–H and O–H groups in total. The number of carbonyl (C=O) groups is 2. The molecule has 4 aromatic rings. The molecule has 1 fully saturated rings. The van der Waals surface area contributed by atoms with E-state index in [-0.39, 0.29) is 17.6 Å². The summed E-state index contributed by atoms with van der Waals surface area (Å²) in [5, 5.41) is 3.94. The van der Waals surface area contributed by atoms with Gasteiger partial charge in [0, 0.05) is 37.4 Å². The maximum Gasteiger partial charge on any atom is 0.291 e. The third kappa shape index (κ3) is 4.67. The number of benzene rings is 2. The van der Waals surface area contributed by atoms with Crippen LogP contribution in [-0.4, -0.2) is 52.8 Å². The number of para-hydroxylation sites is 1. The Morgan fingerprint density at radius 2 is 1.88 bits per heavy atom. The number of piperazine rings is 1. The predicted molar refractivity (Wildman–Crippen MR) is 129 cm³/mol. The van der Waals surface area contributed by atoms with Gasteiger partial charge in [0.05, 0.1) is 23.0 Å². The van der Waals surface area contributed by atoms with E-state index >= 15 is 0 Å². The number of nitrogens with zero attached hydrogens (tertiary/aromatic N) is 3. The molecule has 0 aliphatic carbocycles. The lowest BCUT2D eigenvalue weighted by Gasteiger charge is -2.34. The first kappa shape index (κ1) is 21.4. The Hall–Kier alpha value is -3.49. The van der Waals surface area contributed by atoms with Crippen LogP contribution < -0.4 is 5.32 Å². The number of aromatic nitrogens is 1. The summed E-state index contributed by atoms with van der Waals surface area (Å²) in [4.78, 5) is 34.4. The van der Waals surface area contributed by atoms with E-state index in [2.05, 4.69) is 16.3 Å². The van der Waals surface area contributed by atoms with Gasteiger partial charge in [-0.25, -0.2) is 4.98 Å². The minimum atomic E-state index is -0.337. The van der Waals surface area contributed by atoms with Gasteiger partial charge in [0.2, 0.25) is 0 Å². The van der Waals surface area contributed by atoms with Crippen LogP contribution in [0.15, 0.2) is 65.3 Å². The molecule has 0 radical (unpaired) electrons. The highest BCUT2D eigenvalue weighted by Crippen LogP contribution is 2.24. The average molecular weight is 461 g/mol. The number of fused-ring (bicyclic) bond motifs is 1. The van der Waals surface area contributed by atoms with E-state index in [9.17, 15) is 9.59 Å². The standard InChI is InChI=1S/C25H24N4O3S/c1-17-8-9-18(15-20(17)27-24(30)21-6-4-14-32-21)25(31)29-12-10-28(11-13-29)16-23-26-19-5-2-3-7-22(19)33-23/h2-9,14-15H,10-13,16H2,1H3,(H,27,30). The minimum absolute atomic E-state index is 0.0249. The number of amides is 2. The number of furan rings is 1. The van der Waals surface area contributed by atoms with Crippen molar-refractivity contribution in [3.8, 4) is 0 Å². The molecule has 0 bridgehead atoms. The molecule has 1 aliphatic rings. The monoisotopic (exact) mass is 460 g/mol. The lowest BCUT2D eigenvalue weighted by atomic mass is 10.1. The van der Waals surface area contributed by atoms with Crippen LogP contribution in [-0.2, 0) is 6.54 Å². The molecular formula is C25H24N4O3S. The zero-order valence-electron chi connectivity index (χ0n) is 18.3. The van der Waals surface area contributed by atoms with E-state index in [0.29, 0.717) is 24.3 Å². The summed E-state index contributed by atoms with van der Waals surface area (Å²) in [5.41, 5.74) is 3.10. The summed E-state index contributed by atoms with van der Waals surface area (Å²) >= 11 is 1.73. The number of rotatable bonds is 5. The Morgan fingerprint density at radius 3 is 2.64 bits per heavy atom. The number of hydrogen-bond acceptors (Lipinski definition) is 6. The van der Waals surface area contributed by atoms with Gasteiger partial charge >= 0.3 is 0 Å². The molecule has 0 saturated carbocycles. The molecule has 0 atom stereocenters. The van der Waals surface area contributed by atoms with Gasteiger partial charge < -0.3 is 14.6 Å². The number of hydrogen-bond donors (Lipinski definition) is 1. The van der Waals surface area contributed by atoms with Gasteiger partial charge in [0.15, 0.2) is 5.76 Å². The quantitative estimate of drug-likeness (QED) is 0.477. The Kier molecular flexibility index (Phi) is 5.93. The summed E-state index contributed by atoms with van der Waals surface area (Å²) in [6, 6.07) is 16.9. The van der Waals surface area contributed by atoms with Crippen molar-refractivity contribution in [3.05, 3.63) is 82.8 Å². The molecule has 1 saturated heterocycles. The average Bonchev–Trinajstić information content (AvgIpc) is 3.50. The lowest BCUT2D eigenvalue weighted by molar-refractivity contribution is 0.0628. The second kappa shape index (κ2) is 9.17. The van der Waals surface area contributed by atoms with Gasteiger partial charge in [0.1, 0.15) is 5.01 Å². The van der Waals surface area contributed by atoms with Crippen LogP contribution in [0.3, 0.4) is 0 Å². The van der Waals surface area contributed by atoms with E-state index < -0.39 is 0 Å². The first-order valence-corrected chi connectivity index (χ1v) is 11.7. The molecule has 3 heterocycles. The van der Waals surface area contributed by atoms with Gasteiger partial charge in [-0.2, -0.15) is 0 Å². The van der Waals surface area contributed by atoms with Crippen LogP contribution in [0, 0.1) is 6.92 Å². The highest BCUT2D eigenvalue weighted by Gasteiger charge is 2.23. The molecule has 1 aliphatic heterocycles. The molecule has 8 heteroatoms. The van der Waals surface area contributed by atoms with Crippen LogP contribution in [0.1, 0.15) is 31.5 Å². The van der Waals surface area contributed by atoms with Crippen LogP contribution in [0.25, 0.3) is 10.2 Å². The lowest BCUT2D eigenvalue weighted by Crippen LogP contribution is -2.48. The zero-order valence-corrected chi connectivity index (χ0v) is 19.1. The Morgan fingerprint density at radius 1 is 1.06 bits per heavy atom. The predicted octanol–water partition coefficient (Wildman–Crippen LogP) is 4.41. The van der Waals surface area contributed by atoms with Crippen LogP contribution >= 0.6 is 11.3 Å². The van der Waals surface area contributed by atoms with Crippen LogP contribution in [0.2, 0.25) is 0 Å². The third-order valence-corrected chi connectivity index (χ3v) is 6.86. The maximum atomic E-state index is 13.1. The molecule has 2 aromatic carbocycles. The van der Waals surface area contributed by atoms with Crippen molar-refractivity contribution >= 4 is 39.1 Å². The molecule has 2 aromatic heterocycles. The second-order valence-electron chi connectivity index (χ2n) is 8.10. The van der Waals surface area contributed by atoms with Crippen molar-refractivity contribution in [2.45, 2.75) is 13.5 Å². The highest BCUT2D eigenvalue weighted by atomic mass is 32.1. The van der Waals surface area contributed by atoms with Crippen LogP contribution in [0.4, 0.5) is 5.69 Å². The summed E-state index contributed by atoms with van der Waals surface area (Å²) in [5.74, 6) is -0.130. The van der Waals surface area contributed by atoms with Crippen molar-refractivity contribution in [2.24, 2.45) is 0 Å². The summed E-state index contributed by atoms with van der Waals surface area (Å²) in [6.45, 7) is 5.62. The highest BCUT2D eigenvalue weighted by molar-refractivity contribution is 7.18. The maximum absolute atomic E-state index is 13.1. The van der Waals surface area contributed by atoms with Gasteiger partial charge in [-0.3, -0.25) is 14.5 Å². The number of aryl methyl sites for hydroxylation is 1. The number of nitrogens with one attached hydrogen (secondary N) is 1. The molecular weight excluding hydrogens is 436 g/mol. The molecule has 0 spiro atoms. The van der Waals surface area contributed by atoms with Crippen molar-refractivity contribution in [2.75, 3.05) is 31.5 Å². The van der Waals surface area contributed by atoms with Crippen LogP contribution in [0.5, 0.6) is 0 Å². The van der Waals surface area contributed by atoms with Gasteiger partial charge in [-0.1, -0.05) is 18.2 Å². The van der Waals surface area contributed by atoms with E-state index in [1.54, 1.807) is 29.5 Å². The molecule has 0 unspecified atom stereocenters. The summed E-state index contributed by atoms with van der Waals surface area (Å²) in [7, 11) is 0. The van der Waals surface area contributed by atoms with E-state index in [4.69, 9.17) is 9.40 Å². The Labute approximate surface area is 195 Å². The molecule has 7 nitrogen and oxygen atoms in total. The fraction of sp³-hybridized carbons (Fsp3) is 0.240. The molecule has 33 heavy (non-hydrogen) atoms. The molecule has 168 valence electrons. The van der Waals surface area contributed by atoms with Crippen molar-refractivity contribution < 1.29 is 14.0 Å². The number of anilines is 1. The van der Waals surface area contributed by atoms with Gasteiger partial charge in [0.25, 0.3) is 11.8 Å².